The van der Waals surface area contributed by atoms with Crippen LogP contribution in [0.2, 0.25) is 0 Å². The van der Waals surface area contributed by atoms with Crippen LogP contribution in [0, 0.1) is 13.8 Å². The molecular weight excluding hydrogens is 487 g/mol. The molecule has 0 aliphatic rings. The number of thiazole rings is 1. The van der Waals surface area contributed by atoms with Gasteiger partial charge in [0.05, 0.1) is 32.1 Å². The van der Waals surface area contributed by atoms with E-state index in [1.807, 2.05) is 13.8 Å². The van der Waals surface area contributed by atoms with Gasteiger partial charge in [0.2, 0.25) is 0 Å². The van der Waals surface area contributed by atoms with Crippen LogP contribution in [0.5, 0.6) is 0 Å². The van der Waals surface area contributed by atoms with E-state index in [1.54, 1.807) is 18.4 Å². The Morgan fingerprint density at radius 3 is 2.50 bits per heavy atom. The molecule has 2 rings (SSSR count). The summed E-state index contributed by atoms with van der Waals surface area (Å²) in [6, 6.07) is 8.37. The second kappa shape index (κ2) is 13.9. The molecule has 0 amide bonds. The quantitative estimate of drug-likeness (QED) is 0.217. The Morgan fingerprint density at radius 2 is 1.82 bits per heavy atom. The number of aromatic nitrogens is 1. The summed E-state index contributed by atoms with van der Waals surface area (Å²) in [7, 11) is 1.77. The average molecular weight is 518 g/mol. The van der Waals surface area contributed by atoms with Crippen LogP contribution in [-0.2, 0) is 29.2 Å². The summed E-state index contributed by atoms with van der Waals surface area (Å²) < 4.78 is 10.9. The highest BCUT2D eigenvalue weighted by Gasteiger charge is 2.05. The lowest BCUT2D eigenvalue weighted by Crippen LogP contribution is -2.36. The Bertz CT molecular complexity index is 717. The summed E-state index contributed by atoms with van der Waals surface area (Å²) in [6.07, 6.45) is 0. The van der Waals surface area contributed by atoms with Gasteiger partial charge in [0.15, 0.2) is 5.96 Å². The van der Waals surface area contributed by atoms with E-state index in [1.165, 1.54) is 10.4 Å². The van der Waals surface area contributed by atoms with Gasteiger partial charge in [-0.1, -0.05) is 24.3 Å². The summed E-state index contributed by atoms with van der Waals surface area (Å²) in [6.45, 7) is 10.1. The molecule has 0 aliphatic carbocycles. The number of ether oxygens (including phenoxy) is 2. The van der Waals surface area contributed by atoms with Crippen molar-refractivity contribution in [2.45, 2.75) is 40.5 Å². The largest absolute Gasteiger partial charge is 0.379 e. The number of rotatable bonds is 10. The lowest BCUT2D eigenvalue weighted by atomic mass is 10.1. The van der Waals surface area contributed by atoms with Gasteiger partial charge in [0, 0.05) is 25.1 Å². The molecule has 0 saturated heterocycles. The lowest BCUT2D eigenvalue weighted by molar-refractivity contribution is 0.0453. The van der Waals surface area contributed by atoms with Gasteiger partial charge in [-0.05, 0) is 31.9 Å². The maximum Gasteiger partial charge on any atom is 0.191 e. The smallest absolute Gasteiger partial charge is 0.191 e. The number of benzene rings is 1. The third-order valence-corrected chi connectivity index (χ3v) is 5.07. The van der Waals surface area contributed by atoms with Gasteiger partial charge in [0.25, 0.3) is 0 Å². The predicted octanol–water partition coefficient (Wildman–Crippen LogP) is 3.80. The van der Waals surface area contributed by atoms with Crippen molar-refractivity contribution in [1.29, 1.82) is 0 Å². The van der Waals surface area contributed by atoms with Gasteiger partial charge in [0.1, 0.15) is 5.01 Å². The highest BCUT2D eigenvalue weighted by molar-refractivity contribution is 14.0. The molecule has 6 nitrogen and oxygen atoms in total. The molecule has 0 atom stereocenters. The van der Waals surface area contributed by atoms with Crippen molar-refractivity contribution in [3.8, 4) is 0 Å². The molecule has 0 fully saturated rings. The van der Waals surface area contributed by atoms with Crippen LogP contribution in [0.15, 0.2) is 29.3 Å². The van der Waals surface area contributed by atoms with Crippen LogP contribution >= 0.6 is 35.3 Å². The first kappa shape index (κ1) is 24.8. The third-order valence-electron chi connectivity index (χ3n) is 4.00. The standard InChI is InChI=1S/C20H30N4O2S.HI/c1-5-25-9-10-26-14-18-8-6-7-17(11-18)12-22-20(21-4)23-13-19-24-15(2)16(3)27-19;/h6-8,11H,5,9-10,12-14H2,1-4H3,(H2,21,22,23);1H. The Kier molecular flexibility index (Phi) is 12.3. The van der Waals surface area contributed by atoms with E-state index in [-0.39, 0.29) is 24.0 Å². The van der Waals surface area contributed by atoms with E-state index in [0.29, 0.717) is 32.9 Å². The zero-order valence-electron chi connectivity index (χ0n) is 17.1. The number of hydrogen-bond donors (Lipinski definition) is 2. The number of aryl methyl sites for hydroxylation is 2. The summed E-state index contributed by atoms with van der Waals surface area (Å²) in [5, 5.41) is 7.73. The summed E-state index contributed by atoms with van der Waals surface area (Å²) >= 11 is 1.72. The van der Waals surface area contributed by atoms with Crippen molar-refractivity contribution >= 4 is 41.3 Å². The van der Waals surface area contributed by atoms with Crippen molar-refractivity contribution in [2.24, 2.45) is 4.99 Å². The van der Waals surface area contributed by atoms with Crippen LogP contribution in [0.25, 0.3) is 0 Å². The van der Waals surface area contributed by atoms with Gasteiger partial charge < -0.3 is 20.1 Å². The molecule has 0 saturated carbocycles. The summed E-state index contributed by atoms with van der Waals surface area (Å²) in [5.74, 6) is 0.763. The molecular formula is C20H31IN4O2S. The minimum Gasteiger partial charge on any atom is -0.379 e. The van der Waals surface area contributed by atoms with Crippen LogP contribution < -0.4 is 10.6 Å². The molecule has 2 N–H and O–H groups in total. The SMILES string of the molecule is CCOCCOCc1cccc(CNC(=NC)NCc2nc(C)c(C)s2)c1.I. The zero-order chi connectivity index (χ0) is 19.5. The molecule has 156 valence electrons. The first-order valence-corrected chi connectivity index (χ1v) is 10.0. The normalized spacial score (nSPS) is 11.2. The highest BCUT2D eigenvalue weighted by Crippen LogP contribution is 2.15. The van der Waals surface area contributed by atoms with Crippen molar-refractivity contribution in [3.63, 3.8) is 0 Å². The molecule has 1 aromatic carbocycles. The zero-order valence-corrected chi connectivity index (χ0v) is 20.2. The Morgan fingerprint density at radius 1 is 1.11 bits per heavy atom. The number of nitrogens with one attached hydrogen (secondary N) is 2. The number of aliphatic imine (C=N–C) groups is 1. The molecule has 0 spiro atoms. The molecule has 2 aromatic rings. The monoisotopic (exact) mass is 518 g/mol. The molecule has 0 unspecified atom stereocenters. The minimum atomic E-state index is 0. The van der Waals surface area contributed by atoms with E-state index in [9.17, 15) is 0 Å². The minimum absolute atomic E-state index is 0. The maximum atomic E-state index is 5.64. The lowest BCUT2D eigenvalue weighted by Gasteiger charge is -2.12. The van der Waals surface area contributed by atoms with E-state index < -0.39 is 0 Å². The maximum absolute atomic E-state index is 5.64. The fourth-order valence-corrected chi connectivity index (χ4v) is 3.34. The third kappa shape index (κ3) is 8.85. The van der Waals surface area contributed by atoms with Crippen molar-refractivity contribution in [3.05, 3.63) is 51.0 Å². The first-order chi connectivity index (χ1) is 13.1. The number of hydrogen-bond acceptors (Lipinski definition) is 5. The van der Waals surface area contributed by atoms with Crippen LogP contribution in [0.1, 0.15) is 33.6 Å². The molecule has 28 heavy (non-hydrogen) atoms. The first-order valence-electron chi connectivity index (χ1n) is 9.23. The second-order valence-corrected chi connectivity index (χ2v) is 7.39. The van der Waals surface area contributed by atoms with E-state index in [2.05, 4.69) is 51.8 Å². The van der Waals surface area contributed by atoms with E-state index >= 15 is 0 Å². The molecule has 0 aliphatic heterocycles. The molecule has 8 heteroatoms. The number of halogens is 1. The predicted molar refractivity (Wildman–Crippen MR) is 127 cm³/mol. The number of nitrogens with zero attached hydrogens (tertiary/aromatic N) is 2. The molecule has 0 radical (unpaired) electrons. The Balaban J connectivity index is 0.00000392. The molecule has 1 heterocycles. The average Bonchev–Trinajstić information content (AvgIpc) is 3.00. The van der Waals surface area contributed by atoms with Crippen LogP contribution in [0.4, 0.5) is 0 Å². The fourth-order valence-electron chi connectivity index (χ4n) is 2.46. The van der Waals surface area contributed by atoms with Gasteiger partial charge in [-0.2, -0.15) is 0 Å². The number of guanidine groups is 1. The second-order valence-electron chi connectivity index (χ2n) is 6.10. The van der Waals surface area contributed by atoms with Crippen molar-refractivity contribution < 1.29 is 9.47 Å². The van der Waals surface area contributed by atoms with Gasteiger partial charge in [-0.15, -0.1) is 35.3 Å². The fraction of sp³-hybridized carbons (Fsp3) is 0.500. The Hall–Kier alpha value is -1.23. The van der Waals surface area contributed by atoms with Crippen molar-refractivity contribution in [1.82, 2.24) is 15.6 Å². The molecule has 1 aromatic heterocycles. The van der Waals surface area contributed by atoms with Crippen LogP contribution in [0.3, 0.4) is 0 Å². The van der Waals surface area contributed by atoms with E-state index in [0.717, 1.165) is 28.8 Å². The topological polar surface area (TPSA) is 67.8 Å². The van der Waals surface area contributed by atoms with Gasteiger partial charge >= 0.3 is 0 Å². The molecule has 0 bridgehead atoms. The summed E-state index contributed by atoms with van der Waals surface area (Å²) in [5.41, 5.74) is 3.44. The van der Waals surface area contributed by atoms with Crippen LogP contribution in [-0.4, -0.2) is 37.8 Å². The van der Waals surface area contributed by atoms with Gasteiger partial charge in [-0.25, -0.2) is 4.98 Å². The van der Waals surface area contributed by atoms with Crippen molar-refractivity contribution in [2.75, 3.05) is 26.9 Å². The summed E-state index contributed by atoms with van der Waals surface area (Å²) in [4.78, 5) is 10.1. The highest BCUT2D eigenvalue weighted by atomic mass is 127. The Labute approximate surface area is 189 Å². The van der Waals surface area contributed by atoms with E-state index in [4.69, 9.17) is 9.47 Å². The van der Waals surface area contributed by atoms with Gasteiger partial charge in [-0.3, -0.25) is 4.99 Å².